The predicted octanol–water partition coefficient (Wildman–Crippen LogP) is 2.24. The van der Waals surface area contributed by atoms with Crippen molar-refractivity contribution in [2.75, 3.05) is 39.8 Å². The second kappa shape index (κ2) is 8.47. The van der Waals surface area contributed by atoms with Crippen LogP contribution >= 0.6 is 0 Å². The van der Waals surface area contributed by atoms with Crippen molar-refractivity contribution in [1.82, 2.24) is 14.1 Å². The Labute approximate surface area is 149 Å². The van der Waals surface area contributed by atoms with Gasteiger partial charge >= 0.3 is 0 Å². The van der Waals surface area contributed by atoms with Crippen LogP contribution in [0.5, 0.6) is 0 Å². The summed E-state index contributed by atoms with van der Waals surface area (Å²) in [6.07, 6.45) is 4.52. The number of hydrogen-bond acceptors (Lipinski definition) is 4. The molecule has 0 aliphatic carbocycles. The average Bonchev–Trinajstić information content (AvgIpc) is 2.55. The van der Waals surface area contributed by atoms with Gasteiger partial charge in [0, 0.05) is 31.7 Å². The molecule has 0 aromatic rings. The molecular formula is C18H37N3O2S. The van der Waals surface area contributed by atoms with Crippen molar-refractivity contribution < 1.29 is 8.42 Å². The zero-order chi connectivity index (χ0) is 17.9. The average molecular weight is 360 g/mol. The number of sulfonamides is 1. The molecule has 5 nitrogen and oxygen atoms in total. The Morgan fingerprint density at radius 1 is 0.958 bits per heavy atom. The van der Waals surface area contributed by atoms with E-state index in [1.54, 1.807) is 18.2 Å². The van der Waals surface area contributed by atoms with E-state index in [1.807, 2.05) is 0 Å². The van der Waals surface area contributed by atoms with E-state index in [0.29, 0.717) is 31.1 Å². The van der Waals surface area contributed by atoms with Crippen molar-refractivity contribution >= 4 is 10.0 Å². The molecule has 0 saturated carbocycles. The summed E-state index contributed by atoms with van der Waals surface area (Å²) in [7, 11) is -0.816. The highest BCUT2D eigenvalue weighted by atomic mass is 32.2. The van der Waals surface area contributed by atoms with E-state index in [9.17, 15) is 8.42 Å². The first kappa shape index (κ1) is 20.1. The number of nitrogens with zero attached hydrogens (tertiary/aromatic N) is 3. The zero-order valence-corrected chi connectivity index (χ0v) is 17.1. The third kappa shape index (κ3) is 4.93. The number of piperidine rings is 2. The third-order valence-corrected chi connectivity index (χ3v) is 8.20. The van der Waals surface area contributed by atoms with Gasteiger partial charge in [0.2, 0.25) is 10.0 Å². The Bertz CT molecular complexity index is 476. The van der Waals surface area contributed by atoms with Crippen molar-refractivity contribution in [3.8, 4) is 0 Å². The molecule has 0 amide bonds. The summed E-state index contributed by atoms with van der Waals surface area (Å²) in [5.41, 5.74) is 0. The Morgan fingerprint density at radius 3 is 1.96 bits per heavy atom. The van der Waals surface area contributed by atoms with E-state index in [4.69, 9.17) is 0 Å². The highest BCUT2D eigenvalue weighted by Crippen LogP contribution is 2.24. The Kier molecular flexibility index (Phi) is 7.11. The van der Waals surface area contributed by atoms with E-state index in [2.05, 4.69) is 30.7 Å². The molecule has 2 aliphatic rings. The van der Waals surface area contributed by atoms with Gasteiger partial charge in [0.05, 0.1) is 5.25 Å². The first-order chi connectivity index (χ1) is 11.2. The van der Waals surface area contributed by atoms with Crippen LogP contribution in [0.1, 0.15) is 53.4 Å². The van der Waals surface area contributed by atoms with Crippen LogP contribution < -0.4 is 0 Å². The third-order valence-electron chi connectivity index (χ3n) is 5.93. The lowest BCUT2D eigenvalue weighted by atomic mass is 9.95. The van der Waals surface area contributed by atoms with Crippen LogP contribution in [0.25, 0.3) is 0 Å². The molecule has 24 heavy (non-hydrogen) atoms. The van der Waals surface area contributed by atoms with Crippen molar-refractivity contribution in [3.63, 3.8) is 0 Å². The van der Waals surface area contributed by atoms with Crippen LogP contribution in [0.4, 0.5) is 0 Å². The van der Waals surface area contributed by atoms with Crippen molar-refractivity contribution in [2.45, 2.75) is 70.7 Å². The maximum absolute atomic E-state index is 12.3. The Morgan fingerprint density at radius 2 is 1.50 bits per heavy atom. The second-order valence-electron chi connectivity index (χ2n) is 8.24. The maximum Gasteiger partial charge on any atom is 0.216 e. The molecule has 6 heteroatoms. The lowest BCUT2D eigenvalue weighted by molar-refractivity contribution is 0.0907. The number of likely N-dealkylation sites (tertiary alicyclic amines) is 1. The lowest BCUT2D eigenvalue weighted by Crippen LogP contribution is -2.48. The van der Waals surface area contributed by atoms with Crippen LogP contribution in [0.2, 0.25) is 0 Å². The highest BCUT2D eigenvalue weighted by Gasteiger charge is 2.31. The fourth-order valence-corrected chi connectivity index (χ4v) is 5.36. The zero-order valence-electron chi connectivity index (χ0n) is 16.2. The first-order valence-corrected chi connectivity index (χ1v) is 11.2. The molecule has 0 unspecified atom stereocenters. The predicted molar refractivity (Wildman–Crippen MR) is 101 cm³/mol. The first-order valence-electron chi connectivity index (χ1n) is 9.65. The van der Waals surface area contributed by atoms with E-state index in [-0.39, 0.29) is 5.25 Å². The lowest BCUT2D eigenvalue weighted by Gasteiger charge is -2.40. The van der Waals surface area contributed by atoms with Crippen LogP contribution in [-0.4, -0.2) is 79.6 Å². The molecule has 0 atom stereocenters. The molecule has 0 aromatic heterocycles. The van der Waals surface area contributed by atoms with Gasteiger partial charge in [-0.25, -0.2) is 12.7 Å². The summed E-state index contributed by atoms with van der Waals surface area (Å²) in [6.45, 7) is 13.0. The molecule has 0 spiro atoms. The maximum atomic E-state index is 12.3. The summed E-state index contributed by atoms with van der Waals surface area (Å²) >= 11 is 0. The minimum atomic E-state index is -3.07. The van der Waals surface area contributed by atoms with Crippen molar-refractivity contribution in [3.05, 3.63) is 0 Å². The van der Waals surface area contributed by atoms with Crippen LogP contribution in [0.3, 0.4) is 0 Å². The fourth-order valence-electron chi connectivity index (χ4n) is 4.04. The van der Waals surface area contributed by atoms with E-state index < -0.39 is 10.0 Å². The second-order valence-corrected chi connectivity index (χ2v) is 10.7. The monoisotopic (exact) mass is 359 g/mol. The molecule has 0 N–H and O–H groups in total. The van der Waals surface area contributed by atoms with Gasteiger partial charge in [0.25, 0.3) is 0 Å². The summed E-state index contributed by atoms with van der Waals surface area (Å²) < 4.78 is 26.2. The number of hydrogen-bond donors (Lipinski definition) is 0. The Hall–Kier alpha value is -0.170. The van der Waals surface area contributed by atoms with Crippen LogP contribution in [-0.2, 0) is 10.0 Å². The molecule has 2 rings (SSSR count). The van der Waals surface area contributed by atoms with E-state index in [0.717, 1.165) is 19.4 Å². The molecule has 2 fully saturated rings. The van der Waals surface area contributed by atoms with Gasteiger partial charge < -0.3 is 9.80 Å². The molecule has 142 valence electrons. The normalized spacial score (nSPS) is 23.7. The summed E-state index contributed by atoms with van der Waals surface area (Å²) in [5.74, 6) is 0.636. The molecule has 2 aliphatic heterocycles. The van der Waals surface area contributed by atoms with Gasteiger partial charge in [-0.15, -0.1) is 0 Å². The van der Waals surface area contributed by atoms with E-state index >= 15 is 0 Å². The standard InChI is InChI=1S/C18H37N3O2S/c1-15(2)20-10-8-18(9-11-20)19(5)14-17-6-12-21(13-7-17)24(22,23)16(3)4/h15-18H,6-14H2,1-5H3. The van der Waals surface area contributed by atoms with Crippen LogP contribution in [0.15, 0.2) is 0 Å². The van der Waals surface area contributed by atoms with Gasteiger partial charge in [-0.3, -0.25) is 0 Å². The molecule has 0 radical (unpaired) electrons. The smallest absolute Gasteiger partial charge is 0.216 e. The van der Waals surface area contributed by atoms with Crippen molar-refractivity contribution in [2.24, 2.45) is 5.92 Å². The minimum Gasteiger partial charge on any atom is -0.303 e. The van der Waals surface area contributed by atoms with Gasteiger partial charge in [0.15, 0.2) is 0 Å². The fraction of sp³-hybridized carbons (Fsp3) is 1.00. The molecule has 2 heterocycles. The summed E-state index contributed by atoms with van der Waals surface area (Å²) in [6, 6.07) is 1.35. The molecular weight excluding hydrogens is 322 g/mol. The molecule has 0 aromatic carbocycles. The van der Waals surface area contributed by atoms with Gasteiger partial charge in [-0.05, 0) is 79.4 Å². The minimum absolute atomic E-state index is 0.303. The quantitative estimate of drug-likeness (QED) is 0.729. The summed E-state index contributed by atoms with van der Waals surface area (Å²) in [5, 5.41) is -0.303. The topological polar surface area (TPSA) is 43.9 Å². The highest BCUT2D eigenvalue weighted by molar-refractivity contribution is 7.89. The van der Waals surface area contributed by atoms with Gasteiger partial charge in [-0.2, -0.15) is 0 Å². The van der Waals surface area contributed by atoms with Gasteiger partial charge in [0.1, 0.15) is 0 Å². The van der Waals surface area contributed by atoms with E-state index in [1.165, 1.54) is 25.9 Å². The summed E-state index contributed by atoms with van der Waals surface area (Å²) in [4.78, 5) is 5.11. The van der Waals surface area contributed by atoms with Gasteiger partial charge in [-0.1, -0.05) is 0 Å². The largest absolute Gasteiger partial charge is 0.303 e. The van der Waals surface area contributed by atoms with Crippen LogP contribution in [0, 0.1) is 5.92 Å². The van der Waals surface area contributed by atoms with Crippen molar-refractivity contribution in [1.29, 1.82) is 0 Å². The SMILES string of the molecule is CC(C)N1CCC(N(C)CC2CCN(S(=O)(=O)C(C)C)CC2)CC1. The Balaban J connectivity index is 1.76. The number of rotatable bonds is 6. The molecule has 2 saturated heterocycles. The molecule has 0 bridgehead atoms.